The molecule has 17 heavy (non-hydrogen) atoms. The average Bonchev–Trinajstić information content (AvgIpc) is 2.34. The first-order valence-electron chi connectivity index (χ1n) is 4.99. The monoisotopic (exact) mass is 262 g/mol. The van der Waals surface area contributed by atoms with Crippen molar-refractivity contribution in [3.63, 3.8) is 0 Å². The van der Waals surface area contributed by atoms with Crippen molar-refractivity contribution in [1.29, 1.82) is 5.26 Å². The van der Waals surface area contributed by atoms with Crippen molar-refractivity contribution in [2.45, 2.75) is 6.42 Å². The molecular weight excluding hydrogens is 255 g/mol. The van der Waals surface area contributed by atoms with Gasteiger partial charge in [-0.2, -0.15) is 5.26 Å². The Labute approximate surface area is 109 Å². The van der Waals surface area contributed by atoms with Gasteiger partial charge in [0.15, 0.2) is 0 Å². The molecular formula is C13H8Cl2N2. The molecule has 0 saturated heterocycles. The van der Waals surface area contributed by atoms with E-state index in [1.165, 1.54) is 0 Å². The summed E-state index contributed by atoms with van der Waals surface area (Å²) in [6, 6.07) is 11.2. The summed E-state index contributed by atoms with van der Waals surface area (Å²) in [7, 11) is 0. The number of hydrogen-bond acceptors (Lipinski definition) is 2. The van der Waals surface area contributed by atoms with Crippen molar-refractivity contribution in [1.82, 2.24) is 4.98 Å². The van der Waals surface area contributed by atoms with Crippen LogP contribution in [0.1, 0.15) is 5.69 Å². The third-order valence-corrected chi connectivity index (χ3v) is 3.20. The zero-order chi connectivity index (χ0) is 12.3. The summed E-state index contributed by atoms with van der Waals surface area (Å²) < 4.78 is 0. The van der Waals surface area contributed by atoms with E-state index in [9.17, 15) is 0 Å². The number of pyridine rings is 1. The van der Waals surface area contributed by atoms with Crippen molar-refractivity contribution in [2.24, 2.45) is 0 Å². The molecule has 0 amide bonds. The van der Waals surface area contributed by atoms with E-state index >= 15 is 0 Å². The van der Waals surface area contributed by atoms with Gasteiger partial charge >= 0.3 is 0 Å². The van der Waals surface area contributed by atoms with Gasteiger partial charge in [-0.3, -0.25) is 4.98 Å². The molecule has 2 rings (SSSR count). The highest BCUT2D eigenvalue weighted by molar-refractivity contribution is 6.43. The Balaban J connectivity index is 2.61. The Morgan fingerprint density at radius 2 is 1.88 bits per heavy atom. The van der Waals surface area contributed by atoms with Crippen LogP contribution in [0.3, 0.4) is 0 Å². The molecule has 0 aliphatic heterocycles. The Kier molecular flexibility index (Phi) is 3.63. The first-order chi connectivity index (χ1) is 8.24. The maximum Gasteiger partial charge on any atom is 0.0781 e. The van der Waals surface area contributed by atoms with Gasteiger partial charge in [0.2, 0.25) is 0 Å². The minimum absolute atomic E-state index is 0.249. The zero-order valence-corrected chi connectivity index (χ0v) is 10.3. The van der Waals surface area contributed by atoms with Crippen LogP contribution >= 0.6 is 23.2 Å². The van der Waals surface area contributed by atoms with E-state index in [1.54, 1.807) is 12.3 Å². The molecule has 1 aromatic heterocycles. The topological polar surface area (TPSA) is 36.7 Å². The fraction of sp³-hybridized carbons (Fsp3) is 0.0769. The van der Waals surface area contributed by atoms with E-state index in [2.05, 4.69) is 11.1 Å². The van der Waals surface area contributed by atoms with Crippen molar-refractivity contribution >= 4 is 23.2 Å². The number of nitrogens with zero attached hydrogens (tertiary/aromatic N) is 2. The smallest absolute Gasteiger partial charge is 0.0781 e. The summed E-state index contributed by atoms with van der Waals surface area (Å²) in [5.74, 6) is 0. The van der Waals surface area contributed by atoms with Crippen molar-refractivity contribution < 1.29 is 0 Å². The van der Waals surface area contributed by atoms with E-state index < -0.39 is 0 Å². The van der Waals surface area contributed by atoms with E-state index in [0.29, 0.717) is 15.7 Å². The number of nitriles is 1. The lowest BCUT2D eigenvalue weighted by Gasteiger charge is -2.08. The van der Waals surface area contributed by atoms with Gasteiger partial charge in [-0.15, -0.1) is 0 Å². The van der Waals surface area contributed by atoms with Gasteiger partial charge in [-0.05, 0) is 12.1 Å². The second kappa shape index (κ2) is 5.18. The zero-order valence-electron chi connectivity index (χ0n) is 8.82. The minimum Gasteiger partial charge on any atom is -0.260 e. The molecule has 0 aliphatic carbocycles. The van der Waals surface area contributed by atoms with Gasteiger partial charge in [0.1, 0.15) is 0 Å². The van der Waals surface area contributed by atoms with Crippen LogP contribution in [0.15, 0.2) is 36.5 Å². The van der Waals surface area contributed by atoms with Gasteiger partial charge in [0.05, 0.1) is 28.2 Å². The lowest BCUT2D eigenvalue weighted by Crippen LogP contribution is -1.93. The van der Waals surface area contributed by atoms with Crippen LogP contribution in [0.5, 0.6) is 0 Å². The fourth-order valence-corrected chi connectivity index (χ4v) is 2.01. The van der Waals surface area contributed by atoms with Gasteiger partial charge in [0, 0.05) is 17.3 Å². The SMILES string of the molecule is N#CCc1ncccc1-c1cccc(Cl)c1Cl. The predicted molar refractivity (Wildman–Crippen MR) is 69.0 cm³/mol. The predicted octanol–water partition coefficient (Wildman–Crippen LogP) is 4.12. The number of benzene rings is 1. The van der Waals surface area contributed by atoms with E-state index in [-0.39, 0.29) is 6.42 Å². The molecule has 0 aliphatic rings. The lowest BCUT2D eigenvalue weighted by molar-refractivity contribution is 1.12. The molecule has 0 fully saturated rings. The molecule has 2 nitrogen and oxygen atoms in total. The fourth-order valence-electron chi connectivity index (χ4n) is 1.61. The summed E-state index contributed by atoms with van der Waals surface area (Å²) in [5, 5.41) is 9.75. The van der Waals surface area contributed by atoms with Crippen LogP contribution in [0.2, 0.25) is 10.0 Å². The van der Waals surface area contributed by atoms with Crippen molar-refractivity contribution in [2.75, 3.05) is 0 Å². The van der Waals surface area contributed by atoms with Crippen LogP contribution in [0.25, 0.3) is 11.1 Å². The molecule has 1 heterocycles. The molecule has 2 aromatic rings. The van der Waals surface area contributed by atoms with Crippen LogP contribution in [-0.4, -0.2) is 4.98 Å². The molecule has 0 radical (unpaired) electrons. The quantitative estimate of drug-likeness (QED) is 0.817. The largest absolute Gasteiger partial charge is 0.260 e. The molecule has 84 valence electrons. The second-order valence-corrected chi connectivity index (χ2v) is 4.22. The second-order valence-electron chi connectivity index (χ2n) is 3.43. The van der Waals surface area contributed by atoms with Crippen LogP contribution in [0, 0.1) is 11.3 Å². The van der Waals surface area contributed by atoms with Crippen molar-refractivity contribution in [3.05, 3.63) is 52.3 Å². The highest BCUT2D eigenvalue weighted by atomic mass is 35.5. The Morgan fingerprint density at radius 1 is 1.12 bits per heavy atom. The normalized spacial score (nSPS) is 9.94. The number of hydrogen-bond donors (Lipinski definition) is 0. The molecule has 0 atom stereocenters. The third-order valence-electron chi connectivity index (χ3n) is 2.38. The maximum atomic E-state index is 8.77. The molecule has 0 unspecified atom stereocenters. The minimum atomic E-state index is 0.249. The van der Waals surface area contributed by atoms with Gasteiger partial charge < -0.3 is 0 Å². The number of halogens is 2. The van der Waals surface area contributed by atoms with Gasteiger partial charge in [-0.25, -0.2) is 0 Å². The third kappa shape index (κ3) is 2.41. The van der Waals surface area contributed by atoms with Gasteiger partial charge in [-0.1, -0.05) is 41.4 Å². The Bertz CT molecular complexity index is 588. The standard InChI is InChI=1S/C13H8Cl2N2/c14-11-5-1-3-10(13(11)15)9-4-2-8-17-12(9)6-7-16/h1-5,8H,6H2. The van der Waals surface area contributed by atoms with Crippen LogP contribution in [0.4, 0.5) is 0 Å². The van der Waals surface area contributed by atoms with Gasteiger partial charge in [0.25, 0.3) is 0 Å². The highest BCUT2D eigenvalue weighted by Gasteiger charge is 2.11. The summed E-state index contributed by atoms with van der Waals surface area (Å²) in [6.45, 7) is 0. The molecule has 1 aromatic carbocycles. The molecule has 0 bridgehead atoms. The van der Waals surface area contributed by atoms with E-state index in [0.717, 1.165) is 11.1 Å². The Morgan fingerprint density at radius 3 is 2.65 bits per heavy atom. The highest BCUT2D eigenvalue weighted by Crippen LogP contribution is 2.34. The molecule has 0 N–H and O–H groups in total. The summed E-state index contributed by atoms with van der Waals surface area (Å²) in [4.78, 5) is 4.19. The molecule has 4 heteroatoms. The number of rotatable bonds is 2. The first kappa shape index (κ1) is 11.9. The molecule has 0 spiro atoms. The van der Waals surface area contributed by atoms with Crippen molar-refractivity contribution in [3.8, 4) is 17.2 Å². The number of aromatic nitrogens is 1. The average molecular weight is 263 g/mol. The lowest BCUT2D eigenvalue weighted by atomic mass is 10.0. The van der Waals surface area contributed by atoms with Crippen LogP contribution < -0.4 is 0 Å². The maximum absolute atomic E-state index is 8.77. The van der Waals surface area contributed by atoms with Crippen LogP contribution in [-0.2, 0) is 6.42 Å². The van der Waals surface area contributed by atoms with E-state index in [1.807, 2.05) is 24.3 Å². The summed E-state index contributed by atoms with van der Waals surface area (Å²) in [5.41, 5.74) is 2.36. The van der Waals surface area contributed by atoms with E-state index in [4.69, 9.17) is 28.5 Å². The first-order valence-corrected chi connectivity index (χ1v) is 5.75. The molecule has 0 saturated carbocycles. The summed E-state index contributed by atoms with van der Waals surface area (Å²) in [6.07, 6.45) is 1.91. The Hall–Kier alpha value is -1.56. The summed E-state index contributed by atoms with van der Waals surface area (Å²) >= 11 is 12.1.